The van der Waals surface area contributed by atoms with Crippen LogP contribution in [-0.4, -0.2) is 13.2 Å². The lowest BCUT2D eigenvalue weighted by molar-refractivity contribution is 0.134. The van der Waals surface area contributed by atoms with E-state index in [1.165, 1.54) is 0 Å². The summed E-state index contributed by atoms with van der Waals surface area (Å²) in [5.41, 5.74) is 14.3. The van der Waals surface area contributed by atoms with Crippen LogP contribution < -0.4 is 16.5 Å². The van der Waals surface area contributed by atoms with E-state index in [-0.39, 0.29) is 0 Å². The predicted molar refractivity (Wildman–Crippen MR) is 82.5 cm³/mol. The zero-order chi connectivity index (χ0) is 14.2. The standard InChI is InChI=1S/C16H21N3O/c17-10-5-11-20-19(15-7-2-1-3-8-15)16-9-4-6-14(12-16)13-18/h1-4,6-9,12H,5,10-11,13,17-18H2. The van der Waals surface area contributed by atoms with Gasteiger partial charge in [-0.2, -0.15) is 0 Å². The summed E-state index contributed by atoms with van der Waals surface area (Å²) < 4.78 is 0. The van der Waals surface area contributed by atoms with Gasteiger partial charge in [0.25, 0.3) is 0 Å². The Labute approximate surface area is 119 Å². The van der Waals surface area contributed by atoms with Gasteiger partial charge in [0.05, 0.1) is 18.0 Å². The molecule has 0 aliphatic rings. The molecule has 0 aromatic heterocycles. The lowest BCUT2D eigenvalue weighted by Gasteiger charge is -2.24. The Morgan fingerprint density at radius 2 is 1.65 bits per heavy atom. The Morgan fingerprint density at radius 3 is 2.35 bits per heavy atom. The molecule has 0 aliphatic heterocycles. The minimum Gasteiger partial charge on any atom is -0.330 e. The normalized spacial score (nSPS) is 10.5. The Morgan fingerprint density at radius 1 is 0.900 bits per heavy atom. The molecule has 20 heavy (non-hydrogen) atoms. The van der Waals surface area contributed by atoms with Crippen molar-refractivity contribution >= 4 is 11.4 Å². The molecule has 0 amide bonds. The monoisotopic (exact) mass is 271 g/mol. The zero-order valence-electron chi connectivity index (χ0n) is 11.5. The van der Waals surface area contributed by atoms with Gasteiger partial charge in [0, 0.05) is 6.54 Å². The maximum Gasteiger partial charge on any atom is 0.0765 e. The first-order valence-corrected chi connectivity index (χ1v) is 6.82. The summed E-state index contributed by atoms with van der Waals surface area (Å²) >= 11 is 0. The molecule has 106 valence electrons. The van der Waals surface area contributed by atoms with Crippen molar-refractivity contribution in [1.82, 2.24) is 0 Å². The van der Waals surface area contributed by atoms with E-state index in [9.17, 15) is 0 Å². The van der Waals surface area contributed by atoms with Crippen molar-refractivity contribution in [3.63, 3.8) is 0 Å². The maximum atomic E-state index is 5.87. The van der Waals surface area contributed by atoms with E-state index in [1.54, 1.807) is 0 Å². The minimum atomic E-state index is 0.513. The van der Waals surface area contributed by atoms with Crippen LogP contribution in [0.4, 0.5) is 11.4 Å². The summed E-state index contributed by atoms with van der Waals surface area (Å²) in [6.07, 6.45) is 0.819. The smallest absolute Gasteiger partial charge is 0.0765 e. The molecule has 0 heterocycles. The molecular weight excluding hydrogens is 250 g/mol. The van der Waals surface area contributed by atoms with Crippen molar-refractivity contribution in [2.75, 3.05) is 18.2 Å². The molecule has 0 saturated carbocycles. The van der Waals surface area contributed by atoms with Crippen molar-refractivity contribution < 1.29 is 4.84 Å². The topological polar surface area (TPSA) is 64.5 Å². The molecule has 0 saturated heterocycles. The number of benzene rings is 2. The van der Waals surface area contributed by atoms with Crippen molar-refractivity contribution in [3.05, 3.63) is 60.2 Å². The highest BCUT2D eigenvalue weighted by Gasteiger charge is 2.10. The SMILES string of the molecule is NCCCON(c1ccccc1)c1cccc(CN)c1. The molecule has 0 unspecified atom stereocenters. The first kappa shape index (κ1) is 14.5. The molecule has 0 atom stereocenters. The zero-order valence-corrected chi connectivity index (χ0v) is 11.5. The molecule has 4 nitrogen and oxygen atoms in total. The molecule has 0 spiro atoms. The number of nitrogens with zero attached hydrogens (tertiary/aromatic N) is 1. The van der Waals surface area contributed by atoms with Gasteiger partial charge in [0.1, 0.15) is 0 Å². The summed E-state index contributed by atoms with van der Waals surface area (Å²) in [5, 5.41) is 1.83. The number of hydrogen-bond acceptors (Lipinski definition) is 4. The average Bonchev–Trinajstić information content (AvgIpc) is 2.52. The van der Waals surface area contributed by atoms with Crippen LogP contribution in [0.2, 0.25) is 0 Å². The quantitative estimate of drug-likeness (QED) is 0.600. The van der Waals surface area contributed by atoms with Gasteiger partial charge in [-0.25, -0.2) is 5.06 Å². The van der Waals surface area contributed by atoms with Gasteiger partial charge in [0.2, 0.25) is 0 Å². The third-order valence-electron chi connectivity index (χ3n) is 2.94. The van der Waals surface area contributed by atoms with Crippen LogP contribution in [0.3, 0.4) is 0 Å². The van der Waals surface area contributed by atoms with Gasteiger partial charge in [-0.1, -0.05) is 30.3 Å². The maximum absolute atomic E-state index is 5.87. The molecule has 4 N–H and O–H groups in total. The molecule has 0 fully saturated rings. The average molecular weight is 271 g/mol. The first-order chi connectivity index (χ1) is 9.85. The van der Waals surface area contributed by atoms with Gasteiger partial charge < -0.3 is 11.5 Å². The van der Waals surface area contributed by atoms with Crippen molar-refractivity contribution in [2.45, 2.75) is 13.0 Å². The highest BCUT2D eigenvalue weighted by Crippen LogP contribution is 2.26. The van der Waals surface area contributed by atoms with Crippen LogP contribution >= 0.6 is 0 Å². The second kappa shape index (κ2) is 7.65. The fraction of sp³-hybridized carbons (Fsp3) is 0.250. The molecule has 0 aliphatic carbocycles. The molecule has 2 rings (SSSR count). The van der Waals surface area contributed by atoms with Crippen LogP contribution in [0.5, 0.6) is 0 Å². The van der Waals surface area contributed by atoms with Crippen molar-refractivity contribution in [1.29, 1.82) is 0 Å². The lowest BCUT2D eigenvalue weighted by Crippen LogP contribution is -2.20. The highest BCUT2D eigenvalue weighted by atomic mass is 16.7. The van der Waals surface area contributed by atoms with E-state index >= 15 is 0 Å². The van der Waals surface area contributed by atoms with Crippen LogP contribution in [0, 0.1) is 0 Å². The molecule has 2 aromatic rings. The summed E-state index contributed by atoms with van der Waals surface area (Å²) in [6, 6.07) is 18.0. The van der Waals surface area contributed by atoms with Gasteiger partial charge in [-0.15, -0.1) is 0 Å². The van der Waals surface area contributed by atoms with Gasteiger partial charge >= 0.3 is 0 Å². The molecule has 0 bridgehead atoms. The van der Waals surface area contributed by atoms with E-state index in [0.29, 0.717) is 19.7 Å². The fourth-order valence-corrected chi connectivity index (χ4v) is 1.91. The van der Waals surface area contributed by atoms with Gasteiger partial charge in [-0.3, -0.25) is 4.84 Å². The Bertz CT molecular complexity index is 516. The van der Waals surface area contributed by atoms with E-state index in [1.807, 2.05) is 59.7 Å². The number of nitrogens with two attached hydrogens (primary N) is 2. The van der Waals surface area contributed by atoms with Crippen LogP contribution in [-0.2, 0) is 11.4 Å². The Balaban J connectivity index is 2.25. The fourth-order valence-electron chi connectivity index (χ4n) is 1.91. The minimum absolute atomic E-state index is 0.513. The summed E-state index contributed by atoms with van der Waals surface area (Å²) in [6.45, 7) is 1.71. The molecular formula is C16H21N3O. The van der Waals surface area contributed by atoms with E-state index in [0.717, 1.165) is 23.4 Å². The number of para-hydroxylation sites is 1. The van der Waals surface area contributed by atoms with E-state index < -0.39 is 0 Å². The van der Waals surface area contributed by atoms with Crippen molar-refractivity contribution in [2.24, 2.45) is 11.5 Å². The molecule has 0 radical (unpaired) electrons. The number of rotatable bonds is 7. The number of hydrogen-bond donors (Lipinski definition) is 2. The van der Waals surface area contributed by atoms with E-state index in [2.05, 4.69) is 0 Å². The second-order valence-electron chi connectivity index (χ2n) is 4.48. The Hall–Kier alpha value is -1.88. The molecule has 2 aromatic carbocycles. The van der Waals surface area contributed by atoms with E-state index in [4.69, 9.17) is 16.3 Å². The lowest BCUT2D eigenvalue weighted by atomic mass is 10.2. The third kappa shape index (κ3) is 3.81. The first-order valence-electron chi connectivity index (χ1n) is 6.82. The van der Waals surface area contributed by atoms with Gasteiger partial charge in [-0.05, 0) is 42.8 Å². The van der Waals surface area contributed by atoms with Crippen LogP contribution in [0.1, 0.15) is 12.0 Å². The predicted octanol–water partition coefficient (Wildman–Crippen LogP) is 2.56. The van der Waals surface area contributed by atoms with Crippen LogP contribution in [0.15, 0.2) is 54.6 Å². The third-order valence-corrected chi connectivity index (χ3v) is 2.94. The summed E-state index contributed by atoms with van der Waals surface area (Å²) in [4.78, 5) is 5.87. The van der Waals surface area contributed by atoms with Crippen LogP contribution in [0.25, 0.3) is 0 Å². The van der Waals surface area contributed by atoms with Crippen molar-refractivity contribution in [3.8, 4) is 0 Å². The highest BCUT2D eigenvalue weighted by molar-refractivity contribution is 5.61. The number of anilines is 2. The molecule has 4 heteroatoms. The summed E-state index contributed by atoms with van der Waals surface area (Å²) in [5.74, 6) is 0. The summed E-state index contributed by atoms with van der Waals surface area (Å²) in [7, 11) is 0. The largest absolute Gasteiger partial charge is 0.330 e. The Kier molecular flexibility index (Phi) is 5.55. The second-order valence-corrected chi connectivity index (χ2v) is 4.48. The van der Waals surface area contributed by atoms with Gasteiger partial charge in [0.15, 0.2) is 0 Å².